The van der Waals surface area contributed by atoms with E-state index in [0.29, 0.717) is 6.54 Å². The second-order valence-corrected chi connectivity index (χ2v) is 5.14. The average Bonchev–Trinajstić information content (AvgIpc) is 2.46. The van der Waals surface area contributed by atoms with Crippen LogP contribution in [0.15, 0.2) is 48.5 Å². The number of fused-ring (bicyclic) bond motifs is 1. The number of anilines is 1. The number of carbonyl (C=O) groups excluding carboxylic acids is 1. The molecular weight excluding hydrogens is 250 g/mol. The van der Waals surface area contributed by atoms with Gasteiger partial charge in [-0.05, 0) is 37.1 Å². The van der Waals surface area contributed by atoms with Crippen LogP contribution in [-0.2, 0) is 11.3 Å². The molecule has 0 unspecified atom stereocenters. The van der Waals surface area contributed by atoms with E-state index in [9.17, 15) is 4.79 Å². The number of aryl methyl sites for hydroxylation is 1. The van der Waals surface area contributed by atoms with E-state index in [2.05, 4.69) is 0 Å². The van der Waals surface area contributed by atoms with Gasteiger partial charge in [-0.1, -0.05) is 36.4 Å². The van der Waals surface area contributed by atoms with Crippen molar-refractivity contribution in [3.63, 3.8) is 0 Å². The molecule has 1 heterocycles. The topological polar surface area (TPSA) is 29.5 Å². The van der Waals surface area contributed by atoms with Crippen molar-refractivity contribution in [2.24, 2.45) is 0 Å². The first-order valence-electron chi connectivity index (χ1n) is 6.78. The Morgan fingerprint density at radius 1 is 1.15 bits per heavy atom. The summed E-state index contributed by atoms with van der Waals surface area (Å²) < 4.78 is 5.68. The fourth-order valence-electron chi connectivity index (χ4n) is 2.45. The first-order valence-corrected chi connectivity index (χ1v) is 6.78. The molecular formula is C17H17NO2. The molecule has 0 aromatic heterocycles. The van der Waals surface area contributed by atoms with Crippen LogP contribution in [0.1, 0.15) is 18.1 Å². The minimum Gasteiger partial charge on any atom is -0.479 e. The summed E-state index contributed by atoms with van der Waals surface area (Å²) in [5, 5.41) is 0. The highest BCUT2D eigenvalue weighted by molar-refractivity contribution is 5.99. The van der Waals surface area contributed by atoms with Crippen molar-refractivity contribution < 1.29 is 9.53 Å². The molecule has 0 saturated heterocycles. The SMILES string of the molecule is Cc1ccc2c(c1)N(Cc1ccccc1)C(=O)[C@@H](C)O2. The van der Waals surface area contributed by atoms with Gasteiger partial charge in [-0.15, -0.1) is 0 Å². The number of nitrogens with zero attached hydrogens (tertiary/aromatic N) is 1. The first-order chi connectivity index (χ1) is 9.65. The van der Waals surface area contributed by atoms with E-state index in [4.69, 9.17) is 4.74 Å². The lowest BCUT2D eigenvalue weighted by Crippen LogP contribution is -2.44. The number of hydrogen-bond acceptors (Lipinski definition) is 2. The highest BCUT2D eigenvalue weighted by Gasteiger charge is 2.31. The van der Waals surface area contributed by atoms with Crippen LogP contribution in [0, 0.1) is 6.92 Å². The van der Waals surface area contributed by atoms with Crippen LogP contribution < -0.4 is 9.64 Å². The van der Waals surface area contributed by atoms with Crippen molar-refractivity contribution in [3.8, 4) is 5.75 Å². The molecule has 1 amide bonds. The molecule has 0 saturated carbocycles. The fourth-order valence-corrected chi connectivity index (χ4v) is 2.45. The Hall–Kier alpha value is -2.29. The molecule has 0 N–H and O–H groups in total. The highest BCUT2D eigenvalue weighted by atomic mass is 16.5. The summed E-state index contributed by atoms with van der Waals surface area (Å²) in [5.41, 5.74) is 3.09. The van der Waals surface area contributed by atoms with Gasteiger partial charge in [0, 0.05) is 0 Å². The predicted octanol–water partition coefficient (Wildman–Crippen LogP) is 3.31. The lowest BCUT2D eigenvalue weighted by atomic mass is 10.1. The largest absolute Gasteiger partial charge is 0.479 e. The number of ether oxygens (including phenoxy) is 1. The van der Waals surface area contributed by atoms with Gasteiger partial charge in [0.05, 0.1) is 12.2 Å². The second kappa shape index (κ2) is 5.00. The Labute approximate surface area is 118 Å². The van der Waals surface area contributed by atoms with Crippen LogP contribution >= 0.6 is 0 Å². The zero-order valence-corrected chi connectivity index (χ0v) is 11.7. The molecule has 0 aliphatic carbocycles. The molecule has 20 heavy (non-hydrogen) atoms. The van der Waals surface area contributed by atoms with Gasteiger partial charge in [0.2, 0.25) is 0 Å². The van der Waals surface area contributed by atoms with Crippen molar-refractivity contribution in [2.75, 3.05) is 4.90 Å². The van der Waals surface area contributed by atoms with Gasteiger partial charge in [-0.25, -0.2) is 0 Å². The van der Waals surface area contributed by atoms with E-state index in [-0.39, 0.29) is 5.91 Å². The Balaban J connectivity index is 2.00. The van der Waals surface area contributed by atoms with E-state index in [1.54, 1.807) is 6.92 Å². The van der Waals surface area contributed by atoms with E-state index in [0.717, 1.165) is 22.6 Å². The number of hydrogen-bond donors (Lipinski definition) is 0. The first kappa shape index (κ1) is 12.7. The van der Waals surface area contributed by atoms with Crippen molar-refractivity contribution in [2.45, 2.75) is 26.5 Å². The zero-order chi connectivity index (χ0) is 14.1. The van der Waals surface area contributed by atoms with Gasteiger partial charge in [-0.2, -0.15) is 0 Å². The van der Waals surface area contributed by atoms with Crippen LogP contribution in [0.2, 0.25) is 0 Å². The minimum absolute atomic E-state index is 0.00644. The smallest absolute Gasteiger partial charge is 0.268 e. The molecule has 2 aromatic carbocycles. The molecule has 0 bridgehead atoms. The molecule has 3 heteroatoms. The number of benzene rings is 2. The predicted molar refractivity (Wildman–Crippen MR) is 78.9 cm³/mol. The third kappa shape index (κ3) is 2.27. The molecule has 0 fully saturated rings. The third-order valence-corrected chi connectivity index (χ3v) is 3.51. The Bertz CT molecular complexity index is 637. The van der Waals surface area contributed by atoms with Crippen LogP contribution in [0.25, 0.3) is 0 Å². The lowest BCUT2D eigenvalue weighted by Gasteiger charge is -2.33. The number of rotatable bonds is 2. The fraction of sp³-hybridized carbons (Fsp3) is 0.235. The van der Waals surface area contributed by atoms with Crippen LogP contribution in [0.4, 0.5) is 5.69 Å². The maximum Gasteiger partial charge on any atom is 0.268 e. The number of amides is 1. The van der Waals surface area contributed by atoms with Crippen LogP contribution in [0.3, 0.4) is 0 Å². The molecule has 2 aromatic rings. The van der Waals surface area contributed by atoms with Crippen molar-refractivity contribution in [3.05, 3.63) is 59.7 Å². The van der Waals surface area contributed by atoms with Crippen LogP contribution in [-0.4, -0.2) is 12.0 Å². The summed E-state index contributed by atoms with van der Waals surface area (Å²) in [5.74, 6) is 0.783. The highest BCUT2D eigenvalue weighted by Crippen LogP contribution is 2.35. The molecule has 3 nitrogen and oxygen atoms in total. The van der Waals surface area contributed by atoms with E-state index in [1.807, 2.05) is 60.4 Å². The normalized spacial score (nSPS) is 17.6. The van der Waals surface area contributed by atoms with Gasteiger partial charge < -0.3 is 9.64 Å². The average molecular weight is 267 g/mol. The molecule has 1 aliphatic heterocycles. The van der Waals surface area contributed by atoms with Gasteiger partial charge >= 0.3 is 0 Å². The minimum atomic E-state index is -0.436. The van der Waals surface area contributed by atoms with E-state index >= 15 is 0 Å². The molecule has 3 rings (SSSR count). The van der Waals surface area contributed by atoms with Crippen LogP contribution in [0.5, 0.6) is 5.75 Å². The zero-order valence-electron chi connectivity index (χ0n) is 11.7. The Morgan fingerprint density at radius 2 is 1.90 bits per heavy atom. The Kier molecular flexibility index (Phi) is 3.18. The quantitative estimate of drug-likeness (QED) is 0.835. The molecule has 102 valence electrons. The molecule has 0 spiro atoms. The lowest BCUT2D eigenvalue weighted by molar-refractivity contribution is -0.125. The van der Waals surface area contributed by atoms with Gasteiger partial charge in [0.15, 0.2) is 6.10 Å². The summed E-state index contributed by atoms with van der Waals surface area (Å²) in [6.07, 6.45) is -0.436. The van der Waals surface area contributed by atoms with Gasteiger partial charge in [0.25, 0.3) is 5.91 Å². The molecule has 1 aliphatic rings. The monoisotopic (exact) mass is 267 g/mol. The molecule has 0 radical (unpaired) electrons. The van der Waals surface area contributed by atoms with Crippen molar-refractivity contribution >= 4 is 11.6 Å². The van der Waals surface area contributed by atoms with E-state index < -0.39 is 6.10 Å². The van der Waals surface area contributed by atoms with Gasteiger partial charge in [0.1, 0.15) is 5.75 Å². The molecule has 1 atom stereocenters. The summed E-state index contributed by atoms with van der Waals surface area (Å²) in [6.45, 7) is 4.39. The summed E-state index contributed by atoms with van der Waals surface area (Å²) >= 11 is 0. The maximum absolute atomic E-state index is 12.4. The summed E-state index contributed by atoms with van der Waals surface area (Å²) in [7, 11) is 0. The summed E-state index contributed by atoms with van der Waals surface area (Å²) in [6, 6.07) is 16.0. The number of carbonyl (C=O) groups is 1. The van der Waals surface area contributed by atoms with Gasteiger partial charge in [-0.3, -0.25) is 4.79 Å². The maximum atomic E-state index is 12.4. The van der Waals surface area contributed by atoms with Crippen molar-refractivity contribution in [1.29, 1.82) is 0 Å². The van der Waals surface area contributed by atoms with E-state index in [1.165, 1.54) is 0 Å². The third-order valence-electron chi connectivity index (χ3n) is 3.51. The standard InChI is InChI=1S/C17H17NO2/c1-12-8-9-16-15(10-12)18(17(19)13(2)20-16)11-14-6-4-3-5-7-14/h3-10,13H,11H2,1-2H3/t13-/m1/s1. The second-order valence-electron chi connectivity index (χ2n) is 5.14. The van der Waals surface area contributed by atoms with Crippen molar-refractivity contribution in [1.82, 2.24) is 0 Å². The Morgan fingerprint density at radius 3 is 2.65 bits per heavy atom. The summed E-state index contributed by atoms with van der Waals surface area (Å²) in [4.78, 5) is 14.2.